The summed E-state index contributed by atoms with van der Waals surface area (Å²) in [6.45, 7) is 1.65. The van der Waals surface area contributed by atoms with Gasteiger partial charge in [-0.3, -0.25) is 9.59 Å². The highest BCUT2D eigenvalue weighted by Crippen LogP contribution is 2.36. The summed E-state index contributed by atoms with van der Waals surface area (Å²) in [4.78, 5) is 34.0. The van der Waals surface area contributed by atoms with Crippen molar-refractivity contribution >= 4 is 23.9 Å². The maximum absolute atomic E-state index is 13.1. The van der Waals surface area contributed by atoms with Gasteiger partial charge in [0.25, 0.3) is 0 Å². The van der Waals surface area contributed by atoms with E-state index in [-0.39, 0.29) is 24.1 Å². The lowest BCUT2D eigenvalue weighted by atomic mass is 9.96. The van der Waals surface area contributed by atoms with Crippen molar-refractivity contribution in [1.82, 2.24) is 0 Å². The van der Waals surface area contributed by atoms with Crippen LogP contribution in [0.15, 0.2) is 12.1 Å². The zero-order valence-corrected chi connectivity index (χ0v) is 11.9. The molecule has 1 amide bonds. The van der Waals surface area contributed by atoms with E-state index in [0.717, 1.165) is 13.2 Å². The topological polar surface area (TPSA) is 72.5 Å². The number of halogens is 3. The zero-order valence-electron chi connectivity index (χ0n) is 11.9. The quantitative estimate of drug-likeness (QED) is 0.497. The smallest absolute Gasteiger partial charge is 0.417 e. The van der Waals surface area contributed by atoms with Gasteiger partial charge in [0, 0.05) is 12.0 Å². The summed E-state index contributed by atoms with van der Waals surface area (Å²) in [5.74, 6) is -1.69. The minimum absolute atomic E-state index is 0.0931. The van der Waals surface area contributed by atoms with E-state index >= 15 is 0 Å². The Morgan fingerprint density at radius 2 is 1.91 bits per heavy atom. The summed E-state index contributed by atoms with van der Waals surface area (Å²) >= 11 is 0. The fourth-order valence-corrected chi connectivity index (χ4v) is 1.89. The molecule has 0 aliphatic rings. The molecule has 0 radical (unpaired) electrons. The van der Waals surface area contributed by atoms with Crippen LogP contribution < -0.4 is 5.32 Å². The minimum Gasteiger partial charge on any atom is -0.465 e. The number of alkyl halides is 3. The number of ketones is 1. The number of methoxy groups -OCH3 is 1. The Morgan fingerprint density at radius 3 is 2.36 bits per heavy atom. The van der Waals surface area contributed by atoms with Crippen LogP contribution in [0.4, 0.5) is 18.9 Å². The van der Waals surface area contributed by atoms with Crippen molar-refractivity contribution in [1.29, 1.82) is 0 Å². The Hall–Kier alpha value is -2.38. The van der Waals surface area contributed by atoms with E-state index in [2.05, 4.69) is 4.74 Å². The van der Waals surface area contributed by atoms with Gasteiger partial charge in [-0.2, -0.15) is 13.2 Å². The van der Waals surface area contributed by atoms with Crippen molar-refractivity contribution in [2.24, 2.45) is 0 Å². The molecule has 0 fully saturated rings. The van der Waals surface area contributed by atoms with Crippen LogP contribution in [0.3, 0.4) is 0 Å². The molecule has 22 heavy (non-hydrogen) atoms. The molecule has 0 saturated carbocycles. The highest BCUT2D eigenvalue weighted by molar-refractivity contribution is 6.04. The van der Waals surface area contributed by atoms with Gasteiger partial charge in [0.1, 0.15) is 0 Å². The van der Waals surface area contributed by atoms with Crippen molar-refractivity contribution in [3.05, 3.63) is 28.8 Å². The van der Waals surface area contributed by atoms with Crippen molar-refractivity contribution in [2.75, 3.05) is 12.4 Å². The highest BCUT2D eigenvalue weighted by atomic mass is 19.4. The van der Waals surface area contributed by atoms with E-state index in [1.807, 2.05) is 5.32 Å². The van der Waals surface area contributed by atoms with Gasteiger partial charge in [-0.25, -0.2) is 4.79 Å². The summed E-state index contributed by atoms with van der Waals surface area (Å²) < 4.78 is 43.8. The first-order valence-electron chi connectivity index (χ1n) is 6.33. The van der Waals surface area contributed by atoms with Gasteiger partial charge in [-0.1, -0.05) is 6.92 Å². The molecule has 1 aromatic carbocycles. The molecule has 0 atom stereocenters. The zero-order chi connectivity index (χ0) is 16.9. The molecule has 5 nitrogen and oxygen atoms in total. The van der Waals surface area contributed by atoms with Gasteiger partial charge in [-0.15, -0.1) is 0 Å². The van der Waals surface area contributed by atoms with Crippen LogP contribution in [0.1, 0.15) is 46.0 Å². The molecule has 0 aliphatic carbocycles. The third kappa shape index (κ3) is 3.84. The van der Waals surface area contributed by atoms with Crippen LogP contribution in [-0.2, 0) is 15.7 Å². The van der Waals surface area contributed by atoms with Gasteiger partial charge in [-0.05, 0) is 18.6 Å². The first-order chi connectivity index (χ1) is 10.3. The van der Waals surface area contributed by atoms with Crippen LogP contribution in [-0.4, -0.2) is 25.3 Å². The molecule has 1 aromatic rings. The number of hydrogen-bond acceptors (Lipinski definition) is 4. The molecule has 8 heteroatoms. The van der Waals surface area contributed by atoms with Gasteiger partial charge >= 0.3 is 12.1 Å². The van der Waals surface area contributed by atoms with Crippen molar-refractivity contribution < 1.29 is 32.3 Å². The normalized spacial score (nSPS) is 11.0. The molecule has 0 aromatic heterocycles. The van der Waals surface area contributed by atoms with Crippen molar-refractivity contribution in [3.63, 3.8) is 0 Å². The number of nitrogens with one attached hydrogen (secondary N) is 1. The van der Waals surface area contributed by atoms with Crippen LogP contribution in [0, 0.1) is 0 Å². The number of esters is 1. The van der Waals surface area contributed by atoms with E-state index in [1.165, 1.54) is 0 Å². The monoisotopic (exact) mass is 317 g/mol. The molecule has 0 bridgehead atoms. The standard InChI is InChI=1S/C14H14F3NO4/c1-3-4-12(20)8-5-9(13(21)22-2)11(18-7-19)6-10(8)14(15,16)17/h5-7H,3-4H2,1-2H3,(H,18,19). The summed E-state index contributed by atoms with van der Waals surface area (Å²) in [7, 11) is 1.04. The van der Waals surface area contributed by atoms with E-state index in [1.54, 1.807) is 6.92 Å². The molecule has 0 saturated heterocycles. The molecule has 1 N–H and O–H groups in total. The average Bonchev–Trinajstić information content (AvgIpc) is 2.45. The Morgan fingerprint density at radius 1 is 1.27 bits per heavy atom. The van der Waals surface area contributed by atoms with Crippen LogP contribution in [0.2, 0.25) is 0 Å². The second kappa shape index (κ2) is 7.06. The fourth-order valence-electron chi connectivity index (χ4n) is 1.89. The highest BCUT2D eigenvalue weighted by Gasteiger charge is 2.36. The van der Waals surface area contributed by atoms with E-state index < -0.39 is 29.1 Å². The first-order valence-corrected chi connectivity index (χ1v) is 6.33. The predicted octanol–water partition coefficient (Wildman–Crippen LogP) is 3.04. The maximum atomic E-state index is 13.1. The predicted molar refractivity (Wildman–Crippen MR) is 71.7 cm³/mol. The Balaban J connectivity index is 3.61. The fraction of sp³-hybridized carbons (Fsp3) is 0.357. The van der Waals surface area contributed by atoms with E-state index in [0.29, 0.717) is 12.5 Å². The summed E-state index contributed by atoms with van der Waals surface area (Å²) in [6, 6.07) is 1.36. The van der Waals surface area contributed by atoms with Gasteiger partial charge < -0.3 is 10.1 Å². The molecule has 0 unspecified atom stereocenters. The summed E-state index contributed by atoms with van der Waals surface area (Å²) in [5, 5.41) is 2.01. The molecular weight excluding hydrogens is 303 g/mol. The largest absolute Gasteiger partial charge is 0.465 e. The first kappa shape index (κ1) is 17.7. The SMILES string of the molecule is CCCC(=O)c1cc(C(=O)OC)c(NC=O)cc1C(F)(F)F. The van der Waals surface area contributed by atoms with Gasteiger partial charge in [0.2, 0.25) is 6.41 Å². The summed E-state index contributed by atoms with van der Waals surface area (Å²) in [5.41, 5.74) is -2.52. The number of carbonyl (C=O) groups is 3. The molecule has 1 rings (SSSR count). The Labute approximate surface area is 124 Å². The molecule has 0 aliphatic heterocycles. The minimum atomic E-state index is -4.80. The lowest BCUT2D eigenvalue weighted by molar-refractivity contribution is -0.137. The lowest BCUT2D eigenvalue weighted by Gasteiger charge is -2.16. The third-order valence-electron chi connectivity index (χ3n) is 2.86. The van der Waals surface area contributed by atoms with Crippen molar-refractivity contribution in [3.8, 4) is 0 Å². The second-order valence-corrected chi connectivity index (χ2v) is 4.37. The number of ether oxygens (including phenoxy) is 1. The average molecular weight is 317 g/mol. The van der Waals surface area contributed by atoms with Crippen LogP contribution >= 0.6 is 0 Å². The Kier molecular flexibility index (Phi) is 5.67. The Bertz CT molecular complexity index is 596. The third-order valence-corrected chi connectivity index (χ3v) is 2.86. The van der Waals surface area contributed by atoms with Crippen LogP contribution in [0.25, 0.3) is 0 Å². The van der Waals surface area contributed by atoms with Crippen LogP contribution in [0.5, 0.6) is 0 Å². The maximum Gasteiger partial charge on any atom is 0.417 e. The second-order valence-electron chi connectivity index (χ2n) is 4.37. The van der Waals surface area contributed by atoms with Gasteiger partial charge in [0.05, 0.1) is 23.9 Å². The number of carbonyl (C=O) groups excluding carboxylic acids is 3. The lowest BCUT2D eigenvalue weighted by Crippen LogP contribution is -2.17. The molecular formula is C14H14F3NO4. The number of hydrogen-bond donors (Lipinski definition) is 1. The summed E-state index contributed by atoms with van der Waals surface area (Å²) in [6.07, 6.45) is -4.40. The van der Waals surface area contributed by atoms with E-state index in [4.69, 9.17) is 0 Å². The molecule has 120 valence electrons. The van der Waals surface area contributed by atoms with E-state index in [9.17, 15) is 27.6 Å². The number of anilines is 1. The van der Waals surface area contributed by atoms with Gasteiger partial charge in [0.15, 0.2) is 5.78 Å². The molecule has 0 heterocycles. The number of rotatable bonds is 6. The van der Waals surface area contributed by atoms with Crippen molar-refractivity contribution in [2.45, 2.75) is 25.9 Å². The number of benzene rings is 1. The molecule has 0 spiro atoms. The number of Topliss-reactive ketones (excluding diaryl/α,β-unsaturated/α-hetero) is 1. The number of amides is 1.